The van der Waals surface area contributed by atoms with Crippen molar-refractivity contribution in [2.75, 3.05) is 24.5 Å². The molecule has 1 atom stereocenters. The predicted octanol–water partition coefficient (Wildman–Crippen LogP) is 1.31. The van der Waals surface area contributed by atoms with Crippen molar-refractivity contribution >= 4 is 17.3 Å². The van der Waals surface area contributed by atoms with Gasteiger partial charge < -0.3 is 15.3 Å². The molecule has 0 saturated carbocycles. The number of aliphatic hydroxyl groups excluding tert-OH is 1. The number of piperidine rings is 1. The zero-order valence-electron chi connectivity index (χ0n) is 11.9. The topological polar surface area (TPSA) is 95.7 Å². The molecule has 0 spiro atoms. The highest BCUT2D eigenvalue weighted by Gasteiger charge is 2.25. The van der Waals surface area contributed by atoms with Crippen molar-refractivity contribution in [2.45, 2.75) is 25.9 Å². The van der Waals surface area contributed by atoms with Gasteiger partial charge in [0.1, 0.15) is 5.69 Å². The summed E-state index contributed by atoms with van der Waals surface area (Å²) in [4.78, 5) is 24.4. The van der Waals surface area contributed by atoms with Gasteiger partial charge in [-0.15, -0.1) is 0 Å². The first-order chi connectivity index (χ1) is 10.0. The second-order valence-electron chi connectivity index (χ2n) is 5.06. The van der Waals surface area contributed by atoms with Gasteiger partial charge in [0.25, 0.3) is 11.6 Å². The Morgan fingerprint density at radius 3 is 2.95 bits per heavy atom. The van der Waals surface area contributed by atoms with Crippen LogP contribution in [0.3, 0.4) is 0 Å². The average Bonchev–Trinajstić information content (AvgIpc) is 2.46. The Morgan fingerprint density at radius 2 is 2.33 bits per heavy atom. The molecule has 114 valence electrons. The van der Waals surface area contributed by atoms with Crippen LogP contribution < -0.4 is 10.2 Å². The van der Waals surface area contributed by atoms with E-state index in [9.17, 15) is 20.0 Å². The molecule has 0 radical (unpaired) electrons. The van der Waals surface area contributed by atoms with Gasteiger partial charge in [-0.25, -0.2) is 0 Å². The van der Waals surface area contributed by atoms with E-state index in [0.29, 0.717) is 37.3 Å². The number of hydrogen-bond donors (Lipinski definition) is 2. The van der Waals surface area contributed by atoms with E-state index in [0.717, 1.165) is 6.42 Å². The molecule has 1 amide bonds. The number of hydrogen-bond acceptors (Lipinski definition) is 5. The number of carbonyl (C=O) groups excluding carboxylic acids is 1. The first kappa shape index (κ1) is 15.2. The molecular formula is C14H19N3O4. The standard InChI is InChI=1S/C14H19N3O4/c1-2-15-14(19)10-5-6-12(17(20)21)13(8-10)16-7-3-4-11(18)9-16/h5-6,8,11,18H,2-4,7,9H2,1H3,(H,15,19)/t11-/m0/s1. The van der Waals surface area contributed by atoms with E-state index in [1.54, 1.807) is 4.90 Å². The second kappa shape index (κ2) is 6.53. The lowest BCUT2D eigenvalue weighted by molar-refractivity contribution is -0.384. The number of carbonyl (C=O) groups is 1. The van der Waals surface area contributed by atoms with Gasteiger partial charge in [-0.1, -0.05) is 0 Å². The summed E-state index contributed by atoms with van der Waals surface area (Å²) < 4.78 is 0. The average molecular weight is 293 g/mol. The van der Waals surface area contributed by atoms with Crippen LogP contribution in [-0.2, 0) is 0 Å². The molecular weight excluding hydrogens is 274 g/mol. The van der Waals surface area contributed by atoms with Crippen LogP contribution in [0.1, 0.15) is 30.1 Å². The molecule has 7 nitrogen and oxygen atoms in total. The van der Waals surface area contributed by atoms with Gasteiger partial charge in [0.2, 0.25) is 0 Å². The number of aliphatic hydroxyl groups is 1. The van der Waals surface area contributed by atoms with Crippen molar-refractivity contribution in [3.63, 3.8) is 0 Å². The molecule has 1 fully saturated rings. The number of rotatable bonds is 4. The zero-order chi connectivity index (χ0) is 15.4. The lowest BCUT2D eigenvalue weighted by Gasteiger charge is -2.31. The summed E-state index contributed by atoms with van der Waals surface area (Å²) >= 11 is 0. The van der Waals surface area contributed by atoms with E-state index in [2.05, 4.69) is 5.32 Å². The minimum Gasteiger partial charge on any atom is -0.391 e. The number of nitro groups is 1. The minimum atomic E-state index is -0.494. The lowest BCUT2D eigenvalue weighted by Crippen LogP contribution is -2.38. The van der Waals surface area contributed by atoms with Crippen LogP contribution in [0.4, 0.5) is 11.4 Å². The third-order valence-electron chi connectivity index (χ3n) is 3.51. The summed E-state index contributed by atoms with van der Waals surface area (Å²) in [5.41, 5.74) is 0.733. The van der Waals surface area contributed by atoms with E-state index < -0.39 is 11.0 Å². The number of anilines is 1. The van der Waals surface area contributed by atoms with Gasteiger partial charge in [-0.2, -0.15) is 0 Å². The third kappa shape index (κ3) is 3.49. The summed E-state index contributed by atoms with van der Waals surface area (Å²) in [5.74, 6) is -0.258. The largest absolute Gasteiger partial charge is 0.391 e. The van der Waals surface area contributed by atoms with Crippen molar-refractivity contribution in [3.05, 3.63) is 33.9 Å². The summed E-state index contributed by atoms with van der Waals surface area (Å²) in [7, 11) is 0. The Morgan fingerprint density at radius 1 is 1.57 bits per heavy atom. The Labute approximate surface area is 122 Å². The fourth-order valence-electron chi connectivity index (χ4n) is 2.51. The van der Waals surface area contributed by atoms with Crippen LogP contribution in [-0.4, -0.2) is 41.7 Å². The van der Waals surface area contributed by atoms with Gasteiger partial charge in [0, 0.05) is 31.3 Å². The summed E-state index contributed by atoms with van der Waals surface area (Å²) in [6.45, 7) is 3.29. The first-order valence-electron chi connectivity index (χ1n) is 7.02. The van der Waals surface area contributed by atoms with E-state index in [-0.39, 0.29) is 11.6 Å². The highest BCUT2D eigenvalue weighted by Crippen LogP contribution is 2.31. The maximum atomic E-state index is 11.9. The van der Waals surface area contributed by atoms with E-state index >= 15 is 0 Å². The van der Waals surface area contributed by atoms with Crippen LogP contribution in [0.25, 0.3) is 0 Å². The predicted molar refractivity (Wildman–Crippen MR) is 78.6 cm³/mol. The molecule has 2 rings (SSSR count). The number of amides is 1. The molecule has 0 unspecified atom stereocenters. The molecule has 1 aliphatic rings. The van der Waals surface area contributed by atoms with Crippen molar-refractivity contribution in [2.24, 2.45) is 0 Å². The Bertz CT molecular complexity index is 547. The molecule has 7 heteroatoms. The maximum absolute atomic E-state index is 11.9. The fraction of sp³-hybridized carbons (Fsp3) is 0.500. The lowest BCUT2D eigenvalue weighted by atomic mass is 10.1. The van der Waals surface area contributed by atoms with Crippen molar-refractivity contribution < 1.29 is 14.8 Å². The van der Waals surface area contributed by atoms with Crippen molar-refractivity contribution in [3.8, 4) is 0 Å². The van der Waals surface area contributed by atoms with Crippen molar-refractivity contribution in [1.29, 1.82) is 0 Å². The van der Waals surface area contributed by atoms with Crippen LogP contribution in [0.5, 0.6) is 0 Å². The normalized spacial score (nSPS) is 18.4. The molecule has 0 aromatic heterocycles. The summed E-state index contributed by atoms with van der Waals surface area (Å²) in [6.07, 6.45) is 0.968. The molecule has 1 aliphatic heterocycles. The van der Waals surface area contributed by atoms with Gasteiger partial charge in [0.05, 0.1) is 11.0 Å². The third-order valence-corrected chi connectivity index (χ3v) is 3.51. The molecule has 1 aromatic carbocycles. The van der Waals surface area contributed by atoms with Gasteiger partial charge in [-0.05, 0) is 31.9 Å². The van der Waals surface area contributed by atoms with Crippen LogP contribution in [0.2, 0.25) is 0 Å². The zero-order valence-corrected chi connectivity index (χ0v) is 11.9. The minimum absolute atomic E-state index is 0.0443. The van der Waals surface area contributed by atoms with E-state index in [1.807, 2.05) is 6.92 Å². The fourth-order valence-corrected chi connectivity index (χ4v) is 2.51. The Balaban J connectivity index is 2.37. The second-order valence-corrected chi connectivity index (χ2v) is 5.06. The molecule has 1 heterocycles. The number of benzene rings is 1. The first-order valence-corrected chi connectivity index (χ1v) is 7.02. The van der Waals surface area contributed by atoms with Gasteiger partial charge >= 0.3 is 0 Å². The quantitative estimate of drug-likeness (QED) is 0.644. The number of nitro benzene ring substituents is 1. The van der Waals surface area contributed by atoms with Gasteiger partial charge in [-0.3, -0.25) is 14.9 Å². The highest BCUT2D eigenvalue weighted by atomic mass is 16.6. The van der Waals surface area contributed by atoms with Crippen LogP contribution in [0, 0.1) is 10.1 Å². The van der Waals surface area contributed by atoms with Crippen LogP contribution in [0.15, 0.2) is 18.2 Å². The van der Waals surface area contributed by atoms with Crippen molar-refractivity contribution in [1.82, 2.24) is 5.32 Å². The monoisotopic (exact) mass is 293 g/mol. The molecule has 1 aromatic rings. The Hall–Kier alpha value is -2.15. The Kier molecular flexibility index (Phi) is 4.74. The van der Waals surface area contributed by atoms with E-state index in [1.165, 1.54) is 18.2 Å². The maximum Gasteiger partial charge on any atom is 0.292 e. The summed E-state index contributed by atoms with van der Waals surface area (Å²) in [6, 6.07) is 4.33. The highest BCUT2D eigenvalue weighted by molar-refractivity contribution is 5.96. The van der Waals surface area contributed by atoms with E-state index in [4.69, 9.17) is 0 Å². The summed E-state index contributed by atoms with van der Waals surface area (Å²) in [5, 5.41) is 23.6. The SMILES string of the molecule is CCNC(=O)c1ccc([N+](=O)[O-])c(N2CCC[C@H](O)C2)c1. The molecule has 0 aliphatic carbocycles. The number of β-amino-alcohol motifs (C(OH)–C–C–N with tert-alkyl or cyclic N) is 1. The van der Waals surface area contributed by atoms with Gasteiger partial charge in [0.15, 0.2) is 0 Å². The van der Waals surface area contributed by atoms with Crippen LogP contribution >= 0.6 is 0 Å². The molecule has 1 saturated heterocycles. The number of nitrogens with one attached hydrogen (secondary N) is 1. The smallest absolute Gasteiger partial charge is 0.292 e. The molecule has 2 N–H and O–H groups in total. The number of nitrogens with zero attached hydrogens (tertiary/aromatic N) is 2. The molecule has 0 bridgehead atoms. The molecule has 21 heavy (non-hydrogen) atoms.